The average molecular weight is 311 g/mol. The van der Waals surface area contributed by atoms with Gasteiger partial charge in [-0.15, -0.1) is 0 Å². The quantitative estimate of drug-likeness (QED) is 0.851. The minimum absolute atomic E-state index is 0.356. The van der Waals surface area contributed by atoms with E-state index in [2.05, 4.69) is 28.9 Å². The van der Waals surface area contributed by atoms with E-state index in [4.69, 9.17) is 0 Å². The van der Waals surface area contributed by atoms with Gasteiger partial charge in [-0.2, -0.15) is 0 Å². The zero-order valence-electron chi connectivity index (χ0n) is 14.1. The van der Waals surface area contributed by atoms with Gasteiger partial charge in [0.05, 0.1) is 6.54 Å². The molecule has 1 aromatic carbocycles. The number of piperidine rings is 1. The maximum Gasteiger partial charge on any atom is 0.103 e. The molecule has 23 heavy (non-hydrogen) atoms. The first-order chi connectivity index (χ1) is 11.3. The average Bonchev–Trinajstić information content (AvgIpc) is 3.15. The number of likely N-dealkylation sites (tertiary alicyclic amines) is 1. The number of benzene rings is 1. The van der Waals surface area contributed by atoms with Crippen LogP contribution in [0.1, 0.15) is 56.9 Å². The molecule has 1 aromatic rings. The molecule has 1 heterocycles. The van der Waals surface area contributed by atoms with Gasteiger partial charge in [0.15, 0.2) is 0 Å². The highest BCUT2D eigenvalue weighted by molar-refractivity contribution is 5.26. The normalized spacial score (nSPS) is 22.3. The summed E-state index contributed by atoms with van der Waals surface area (Å²) in [4.78, 5) is 2.44. The van der Waals surface area contributed by atoms with Gasteiger partial charge in [-0.3, -0.25) is 4.90 Å². The van der Waals surface area contributed by atoms with E-state index in [-0.39, 0.29) is 0 Å². The molecule has 1 N–H and O–H groups in total. The van der Waals surface area contributed by atoms with Crippen LogP contribution in [0.5, 0.6) is 0 Å². The predicted molar refractivity (Wildman–Crippen MR) is 95.0 cm³/mol. The number of aliphatic hydroxyl groups is 1. The fourth-order valence-electron chi connectivity index (χ4n) is 4.09. The number of hydrogen-bond donors (Lipinski definition) is 1. The Balaban J connectivity index is 1.67. The zero-order chi connectivity index (χ0) is 16.0. The lowest BCUT2D eigenvalue weighted by Crippen LogP contribution is -2.33. The van der Waals surface area contributed by atoms with Crippen LogP contribution < -0.4 is 0 Å². The van der Waals surface area contributed by atoms with Gasteiger partial charge in [0.2, 0.25) is 0 Å². The number of hydrogen-bond acceptors (Lipinski definition) is 2. The molecule has 1 aliphatic heterocycles. The Labute approximate surface area is 140 Å². The van der Waals surface area contributed by atoms with Gasteiger partial charge in [-0.05, 0) is 50.3 Å². The third kappa shape index (κ3) is 4.16. The molecule has 1 saturated carbocycles. The van der Waals surface area contributed by atoms with Crippen molar-refractivity contribution in [2.75, 3.05) is 19.6 Å². The molecule has 1 saturated heterocycles. The molecular weight excluding hydrogens is 282 g/mol. The Hall–Kier alpha value is -1.30. The summed E-state index contributed by atoms with van der Waals surface area (Å²) in [6.07, 6.45) is 9.25. The minimum Gasteiger partial charge on any atom is -0.384 e. The van der Waals surface area contributed by atoms with Gasteiger partial charge >= 0.3 is 0 Å². The third-order valence-electron chi connectivity index (χ3n) is 5.54. The van der Waals surface area contributed by atoms with E-state index in [0.29, 0.717) is 12.3 Å². The Kier molecular flexibility index (Phi) is 5.75. The summed E-state index contributed by atoms with van der Waals surface area (Å²) in [6, 6.07) is 10.2. The van der Waals surface area contributed by atoms with Gasteiger partial charge in [0.1, 0.15) is 5.60 Å². The van der Waals surface area contributed by atoms with Crippen molar-refractivity contribution in [3.8, 4) is 11.8 Å². The van der Waals surface area contributed by atoms with Crippen molar-refractivity contribution in [3.05, 3.63) is 35.9 Å². The van der Waals surface area contributed by atoms with Crippen molar-refractivity contribution >= 4 is 0 Å². The third-order valence-corrected chi connectivity index (χ3v) is 5.54. The van der Waals surface area contributed by atoms with Crippen molar-refractivity contribution in [3.63, 3.8) is 0 Å². The van der Waals surface area contributed by atoms with Crippen molar-refractivity contribution < 1.29 is 5.11 Å². The van der Waals surface area contributed by atoms with Crippen LogP contribution in [0.4, 0.5) is 0 Å². The SMILES string of the molecule is O[C@@](CC#CCN1CCCCC1)(c1ccccc1)C1CCCC1. The molecular formula is C21H29NO. The molecule has 2 aliphatic rings. The summed E-state index contributed by atoms with van der Waals surface area (Å²) in [5, 5.41) is 11.4. The Morgan fingerprint density at radius 1 is 0.957 bits per heavy atom. The van der Waals surface area contributed by atoms with E-state index >= 15 is 0 Å². The van der Waals surface area contributed by atoms with Gasteiger partial charge in [0, 0.05) is 6.42 Å². The first-order valence-corrected chi connectivity index (χ1v) is 9.25. The van der Waals surface area contributed by atoms with E-state index in [1.807, 2.05) is 18.2 Å². The van der Waals surface area contributed by atoms with Crippen molar-refractivity contribution in [2.45, 2.75) is 57.0 Å². The van der Waals surface area contributed by atoms with E-state index in [1.165, 1.54) is 45.2 Å². The summed E-state index contributed by atoms with van der Waals surface area (Å²) in [7, 11) is 0. The molecule has 0 radical (unpaired) electrons. The second-order valence-electron chi connectivity index (χ2n) is 7.14. The molecule has 1 atom stereocenters. The standard InChI is InChI=1S/C21H29NO/c23-21(20-13-5-6-14-20,19-11-3-1-4-12-19)15-7-10-18-22-16-8-2-9-17-22/h1,3-4,11-12,20,23H,2,5-6,8-9,13-18H2/t21-/m0/s1. The van der Waals surface area contributed by atoms with Gasteiger partial charge in [0.25, 0.3) is 0 Å². The van der Waals surface area contributed by atoms with Crippen molar-refractivity contribution in [1.82, 2.24) is 4.90 Å². The fraction of sp³-hybridized carbons (Fsp3) is 0.619. The largest absolute Gasteiger partial charge is 0.384 e. The van der Waals surface area contributed by atoms with Gasteiger partial charge in [-0.25, -0.2) is 0 Å². The lowest BCUT2D eigenvalue weighted by Gasteiger charge is -2.33. The fourth-order valence-corrected chi connectivity index (χ4v) is 4.09. The second kappa shape index (κ2) is 7.99. The molecule has 0 unspecified atom stereocenters. The summed E-state index contributed by atoms with van der Waals surface area (Å²) in [5.74, 6) is 6.98. The molecule has 124 valence electrons. The molecule has 2 fully saturated rings. The lowest BCUT2D eigenvalue weighted by molar-refractivity contribution is -0.0173. The number of nitrogens with zero attached hydrogens (tertiary/aromatic N) is 1. The highest BCUT2D eigenvalue weighted by atomic mass is 16.3. The monoisotopic (exact) mass is 311 g/mol. The van der Waals surface area contributed by atoms with Crippen molar-refractivity contribution in [2.24, 2.45) is 5.92 Å². The van der Waals surface area contributed by atoms with Crippen LogP contribution in [-0.2, 0) is 5.60 Å². The Bertz CT molecular complexity index is 532. The van der Waals surface area contributed by atoms with Crippen LogP contribution in [-0.4, -0.2) is 29.6 Å². The second-order valence-corrected chi connectivity index (χ2v) is 7.14. The summed E-state index contributed by atoms with van der Waals surface area (Å²) in [6.45, 7) is 3.22. The van der Waals surface area contributed by atoms with E-state index < -0.39 is 5.60 Å². The first-order valence-electron chi connectivity index (χ1n) is 9.25. The van der Waals surface area contributed by atoms with Crippen molar-refractivity contribution in [1.29, 1.82) is 0 Å². The molecule has 0 spiro atoms. The smallest absolute Gasteiger partial charge is 0.103 e. The molecule has 2 heteroatoms. The number of rotatable bonds is 4. The summed E-state index contributed by atoms with van der Waals surface area (Å²) >= 11 is 0. The zero-order valence-corrected chi connectivity index (χ0v) is 14.1. The lowest BCUT2D eigenvalue weighted by atomic mass is 9.78. The van der Waals surface area contributed by atoms with E-state index in [9.17, 15) is 5.11 Å². The summed E-state index contributed by atoms with van der Waals surface area (Å²) in [5.41, 5.74) is 0.270. The summed E-state index contributed by atoms with van der Waals surface area (Å²) < 4.78 is 0. The van der Waals surface area contributed by atoms with E-state index in [1.54, 1.807) is 0 Å². The van der Waals surface area contributed by atoms with Crippen LogP contribution in [0.15, 0.2) is 30.3 Å². The molecule has 0 amide bonds. The molecule has 3 rings (SSSR count). The van der Waals surface area contributed by atoms with Gasteiger partial charge in [-0.1, -0.05) is 61.4 Å². The Morgan fingerprint density at radius 2 is 1.65 bits per heavy atom. The van der Waals surface area contributed by atoms with Crippen LogP contribution >= 0.6 is 0 Å². The molecule has 0 aromatic heterocycles. The van der Waals surface area contributed by atoms with Crippen LogP contribution in [0.25, 0.3) is 0 Å². The Morgan fingerprint density at radius 3 is 2.35 bits per heavy atom. The van der Waals surface area contributed by atoms with Crippen LogP contribution in [0, 0.1) is 17.8 Å². The minimum atomic E-state index is -0.771. The maximum atomic E-state index is 11.4. The first kappa shape index (κ1) is 16.6. The maximum absolute atomic E-state index is 11.4. The molecule has 0 bridgehead atoms. The highest BCUT2D eigenvalue weighted by Crippen LogP contribution is 2.42. The highest BCUT2D eigenvalue weighted by Gasteiger charge is 2.39. The van der Waals surface area contributed by atoms with E-state index in [0.717, 1.165) is 24.9 Å². The van der Waals surface area contributed by atoms with Gasteiger partial charge < -0.3 is 5.11 Å². The van der Waals surface area contributed by atoms with Crippen LogP contribution in [0.3, 0.4) is 0 Å². The predicted octanol–water partition coefficient (Wildman–Crippen LogP) is 3.94. The molecule has 1 aliphatic carbocycles. The topological polar surface area (TPSA) is 23.5 Å². The van der Waals surface area contributed by atoms with Crippen LogP contribution in [0.2, 0.25) is 0 Å². The molecule has 2 nitrogen and oxygen atoms in total.